The highest BCUT2D eigenvalue weighted by molar-refractivity contribution is 5.85. The van der Waals surface area contributed by atoms with Gasteiger partial charge in [0, 0.05) is 24.4 Å². The van der Waals surface area contributed by atoms with E-state index in [1.165, 1.54) is 12.4 Å². The molecule has 0 aromatic carbocycles. The summed E-state index contributed by atoms with van der Waals surface area (Å²) in [7, 11) is 1.65. The van der Waals surface area contributed by atoms with E-state index < -0.39 is 0 Å². The number of aromatic hydroxyl groups is 1. The molecule has 1 aromatic rings. The zero-order valence-corrected chi connectivity index (χ0v) is 8.15. The lowest BCUT2D eigenvalue weighted by Crippen LogP contribution is -2.01. The average Bonchev–Trinajstić information content (AvgIpc) is 2.20. The quantitative estimate of drug-likeness (QED) is 0.473. The number of pyridine rings is 1. The Bertz CT molecular complexity index is 350. The predicted molar refractivity (Wildman–Crippen MR) is 53.2 cm³/mol. The largest absolute Gasteiger partial charge is 0.505 e. The van der Waals surface area contributed by atoms with Gasteiger partial charge in [-0.1, -0.05) is 0 Å². The van der Waals surface area contributed by atoms with E-state index in [-0.39, 0.29) is 12.4 Å². The minimum absolute atomic E-state index is 0.0514. The summed E-state index contributed by atoms with van der Waals surface area (Å²) in [6.07, 6.45) is 2.97. The molecule has 0 fully saturated rings. The lowest BCUT2D eigenvalue weighted by atomic mass is 10.1. The van der Waals surface area contributed by atoms with E-state index in [0.717, 1.165) is 0 Å². The number of hydrazone groups is 1. The molecule has 0 bridgehead atoms. The molecule has 1 aromatic heterocycles. The molecule has 5 nitrogen and oxygen atoms in total. The highest BCUT2D eigenvalue weighted by atomic mass is 16.3. The molecule has 0 aliphatic carbocycles. The van der Waals surface area contributed by atoms with Gasteiger partial charge in [0.2, 0.25) is 0 Å². The van der Waals surface area contributed by atoms with Gasteiger partial charge >= 0.3 is 0 Å². The third kappa shape index (κ3) is 2.00. The lowest BCUT2D eigenvalue weighted by molar-refractivity contribution is 0.280. The Morgan fingerprint density at radius 3 is 2.93 bits per heavy atom. The molecule has 0 radical (unpaired) electrons. The Labute approximate surface area is 82.1 Å². The molecule has 0 atom stereocenters. The predicted octanol–water partition coefficient (Wildman–Crippen LogP) is 0.141. The molecule has 0 aliphatic rings. The second-order valence-electron chi connectivity index (χ2n) is 2.77. The zero-order chi connectivity index (χ0) is 10.6. The summed E-state index contributed by atoms with van der Waals surface area (Å²) in [6, 6.07) is 0. The Kier molecular flexibility index (Phi) is 3.41. The van der Waals surface area contributed by atoms with Gasteiger partial charge in [-0.15, -0.1) is 0 Å². The van der Waals surface area contributed by atoms with Crippen LogP contribution >= 0.6 is 0 Å². The van der Waals surface area contributed by atoms with E-state index in [0.29, 0.717) is 16.8 Å². The molecule has 1 rings (SSSR count). The van der Waals surface area contributed by atoms with E-state index in [2.05, 4.69) is 15.5 Å². The van der Waals surface area contributed by atoms with Crippen LogP contribution < -0.4 is 5.43 Å². The van der Waals surface area contributed by atoms with E-state index in [1.54, 1.807) is 14.0 Å². The SMILES string of the molecule is CNN=Cc1c(CO)cnc(C)c1O. The molecule has 0 amide bonds. The van der Waals surface area contributed by atoms with Crippen LogP contribution in [0.1, 0.15) is 16.8 Å². The van der Waals surface area contributed by atoms with Crippen LogP contribution in [0.25, 0.3) is 0 Å². The highest BCUT2D eigenvalue weighted by Crippen LogP contribution is 2.21. The first-order valence-electron chi connectivity index (χ1n) is 4.18. The maximum absolute atomic E-state index is 9.64. The first kappa shape index (κ1) is 10.5. The molecule has 0 saturated heterocycles. The van der Waals surface area contributed by atoms with Crippen molar-refractivity contribution in [3.63, 3.8) is 0 Å². The first-order chi connectivity index (χ1) is 6.70. The molecular formula is C9H13N3O2. The van der Waals surface area contributed by atoms with Crippen molar-refractivity contribution in [1.82, 2.24) is 10.4 Å². The first-order valence-corrected chi connectivity index (χ1v) is 4.18. The van der Waals surface area contributed by atoms with Crippen LogP contribution in [0.3, 0.4) is 0 Å². The maximum Gasteiger partial charge on any atom is 0.145 e. The third-order valence-corrected chi connectivity index (χ3v) is 1.85. The van der Waals surface area contributed by atoms with Gasteiger partial charge in [-0.25, -0.2) is 0 Å². The van der Waals surface area contributed by atoms with Crippen molar-refractivity contribution in [2.75, 3.05) is 7.05 Å². The number of hydrogen-bond donors (Lipinski definition) is 3. The van der Waals surface area contributed by atoms with E-state index in [1.807, 2.05) is 0 Å². The minimum Gasteiger partial charge on any atom is -0.505 e. The van der Waals surface area contributed by atoms with Gasteiger partial charge in [-0.05, 0) is 6.92 Å². The summed E-state index contributed by atoms with van der Waals surface area (Å²) in [6.45, 7) is 1.51. The van der Waals surface area contributed by atoms with E-state index in [4.69, 9.17) is 5.11 Å². The van der Waals surface area contributed by atoms with Gasteiger partial charge in [-0.3, -0.25) is 4.98 Å². The fraction of sp³-hybridized carbons (Fsp3) is 0.333. The number of hydrogen-bond acceptors (Lipinski definition) is 5. The van der Waals surface area contributed by atoms with Gasteiger partial charge in [0.1, 0.15) is 5.75 Å². The molecular weight excluding hydrogens is 182 g/mol. The van der Waals surface area contributed by atoms with Crippen molar-refractivity contribution in [2.24, 2.45) is 5.10 Å². The van der Waals surface area contributed by atoms with Crippen LogP contribution in [-0.2, 0) is 6.61 Å². The molecule has 0 unspecified atom stereocenters. The monoisotopic (exact) mass is 195 g/mol. The molecule has 1 heterocycles. The van der Waals surface area contributed by atoms with Crippen LogP contribution in [-0.4, -0.2) is 28.5 Å². The summed E-state index contributed by atoms with van der Waals surface area (Å²) >= 11 is 0. The number of aliphatic hydroxyl groups excluding tert-OH is 1. The molecule has 14 heavy (non-hydrogen) atoms. The van der Waals surface area contributed by atoms with Crippen molar-refractivity contribution >= 4 is 6.21 Å². The molecule has 0 saturated carbocycles. The third-order valence-electron chi connectivity index (χ3n) is 1.85. The number of aliphatic hydroxyl groups is 1. The fourth-order valence-electron chi connectivity index (χ4n) is 1.05. The lowest BCUT2D eigenvalue weighted by Gasteiger charge is -2.06. The Hall–Kier alpha value is -1.62. The van der Waals surface area contributed by atoms with Crippen LogP contribution in [0.2, 0.25) is 0 Å². The van der Waals surface area contributed by atoms with Crippen molar-refractivity contribution in [3.8, 4) is 5.75 Å². The number of aromatic nitrogens is 1. The topological polar surface area (TPSA) is 77.7 Å². The summed E-state index contributed by atoms with van der Waals surface area (Å²) in [5.41, 5.74) is 4.13. The number of aryl methyl sites for hydroxylation is 1. The maximum atomic E-state index is 9.64. The van der Waals surface area contributed by atoms with Crippen molar-refractivity contribution < 1.29 is 10.2 Å². The summed E-state index contributed by atoms with van der Waals surface area (Å²) in [5.74, 6) is 0.0514. The van der Waals surface area contributed by atoms with E-state index >= 15 is 0 Å². The highest BCUT2D eigenvalue weighted by Gasteiger charge is 2.08. The number of nitrogens with one attached hydrogen (secondary N) is 1. The summed E-state index contributed by atoms with van der Waals surface area (Å²) in [5, 5.41) is 22.4. The molecule has 76 valence electrons. The van der Waals surface area contributed by atoms with Crippen LogP contribution in [0.5, 0.6) is 5.75 Å². The van der Waals surface area contributed by atoms with Crippen LogP contribution in [0.15, 0.2) is 11.3 Å². The van der Waals surface area contributed by atoms with Gasteiger partial charge in [0.05, 0.1) is 18.5 Å². The summed E-state index contributed by atoms with van der Waals surface area (Å²) < 4.78 is 0. The van der Waals surface area contributed by atoms with Gasteiger partial charge in [0.15, 0.2) is 0 Å². The fourth-order valence-corrected chi connectivity index (χ4v) is 1.05. The second kappa shape index (κ2) is 4.57. The van der Waals surface area contributed by atoms with E-state index in [9.17, 15) is 5.11 Å². The molecule has 5 heteroatoms. The Balaban J connectivity index is 3.21. The van der Waals surface area contributed by atoms with Gasteiger partial charge in [-0.2, -0.15) is 5.10 Å². The summed E-state index contributed by atoms with van der Waals surface area (Å²) in [4.78, 5) is 3.93. The molecule has 3 N–H and O–H groups in total. The number of rotatable bonds is 3. The minimum atomic E-state index is -0.175. The zero-order valence-electron chi connectivity index (χ0n) is 8.15. The van der Waals surface area contributed by atoms with Gasteiger partial charge in [0.25, 0.3) is 0 Å². The Morgan fingerprint density at radius 2 is 2.36 bits per heavy atom. The van der Waals surface area contributed by atoms with Crippen molar-refractivity contribution in [3.05, 3.63) is 23.0 Å². The molecule has 0 spiro atoms. The van der Waals surface area contributed by atoms with Crippen LogP contribution in [0, 0.1) is 6.92 Å². The number of nitrogens with zero attached hydrogens (tertiary/aromatic N) is 2. The Morgan fingerprint density at radius 1 is 1.64 bits per heavy atom. The van der Waals surface area contributed by atoms with Gasteiger partial charge < -0.3 is 15.6 Å². The van der Waals surface area contributed by atoms with Crippen molar-refractivity contribution in [2.45, 2.75) is 13.5 Å². The smallest absolute Gasteiger partial charge is 0.145 e. The standard InChI is InChI=1S/C9H13N3O2/c1-6-9(14)8(4-12-10-2)7(5-13)3-11-6/h3-4,10,13-14H,5H2,1-2H3. The van der Waals surface area contributed by atoms with Crippen molar-refractivity contribution in [1.29, 1.82) is 0 Å². The second-order valence-corrected chi connectivity index (χ2v) is 2.77. The molecule has 0 aliphatic heterocycles. The average molecular weight is 195 g/mol. The normalized spacial score (nSPS) is 10.8. The van der Waals surface area contributed by atoms with Crippen LogP contribution in [0.4, 0.5) is 0 Å².